The van der Waals surface area contributed by atoms with Crippen LogP contribution in [0.15, 0.2) is 17.6 Å². The molecule has 0 saturated carbocycles. The van der Waals surface area contributed by atoms with Gasteiger partial charge in [-0.2, -0.15) is 11.8 Å². The van der Waals surface area contributed by atoms with E-state index < -0.39 is 0 Å². The summed E-state index contributed by atoms with van der Waals surface area (Å²) in [6, 6.07) is 0. The Labute approximate surface area is 127 Å². The first-order chi connectivity index (χ1) is 9.79. The van der Waals surface area contributed by atoms with Crippen LogP contribution in [0.5, 0.6) is 0 Å². The van der Waals surface area contributed by atoms with E-state index >= 15 is 0 Å². The first-order valence-corrected chi connectivity index (χ1v) is 8.75. The smallest absolute Gasteiger partial charge is 0.193 e. The first-order valence-electron chi connectivity index (χ1n) is 7.59. The van der Waals surface area contributed by atoms with E-state index in [1.165, 1.54) is 12.8 Å². The summed E-state index contributed by atoms with van der Waals surface area (Å²) >= 11 is 1.88. The highest BCUT2D eigenvalue weighted by Crippen LogP contribution is 2.38. The summed E-state index contributed by atoms with van der Waals surface area (Å²) in [6.45, 7) is 11.7. The second-order valence-electron chi connectivity index (χ2n) is 5.57. The Morgan fingerprint density at radius 3 is 3.15 bits per heavy atom. The van der Waals surface area contributed by atoms with Gasteiger partial charge in [-0.15, -0.1) is 6.58 Å². The molecule has 0 aromatic heterocycles. The average Bonchev–Trinajstić information content (AvgIpc) is 3.08. The highest BCUT2D eigenvalue weighted by Gasteiger charge is 2.42. The average molecular weight is 297 g/mol. The van der Waals surface area contributed by atoms with Crippen molar-refractivity contribution < 1.29 is 4.74 Å². The van der Waals surface area contributed by atoms with Gasteiger partial charge in [0.1, 0.15) is 0 Å². The summed E-state index contributed by atoms with van der Waals surface area (Å²) in [5.41, 5.74) is 0.397. The maximum Gasteiger partial charge on any atom is 0.193 e. The molecule has 1 unspecified atom stereocenters. The maximum absolute atomic E-state index is 5.60. The molecule has 0 aromatic carbocycles. The van der Waals surface area contributed by atoms with Crippen LogP contribution in [0.3, 0.4) is 0 Å². The number of hydrogen-bond acceptors (Lipinski definition) is 3. The van der Waals surface area contributed by atoms with E-state index in [2.05, 4.69) is 23.7 Å². The van der Waals surface area contributed by atoms with Crippen LogP contribution in [0.2, 0.25) is 0 Å². The van der Waals surface area contributed by atoms with Crippen molar-refractivity contribution in [3.05, 3.63) is 12.7 Å². The second kappa shape index (κ2) is 7.93. The molecule has 0 aromatic rings. The van der Waals surface area contributed by atoms with E-state index in [0.29, 0.717) is 5.41 Å². The SMILES string of the molecule is C=CCSCCN=C(NCC)N1CCC2(CCOC2)C1. The first kappa shape index (κ1) is 15.7. The lowest BCUT2D eigenvalue weighted by atomic mass is 9.87. The minimum atomic E-state index is 0.397. The molecule has 1 N–H and O–H groups in total. The number of nitrogens with zero attached hydrogens (tertiary/aromatic N) is 2. The number of thioether (sulfide) groups is 1. The van der Waals surface area contributed by atoms with Crippen molar-refractivity contribution in [2.45, 2.75) is 19.8 Å². The summed E-state index contributed by atoms with van der Waals surface area (Å²) in [5, 5.41) is 3.43. The lowest BCUT2D eigenvalue weighted by molar-refractivity contribution is 0.156. The lowest BCUT2D eigenvalue weighted by Crippen LogP contribution is -2.41. The Bertz CT molecular complexity index is 340. The zero-order valence-corrected chi connectivity index (χ0v) is 13.4. The van der Waals surface area contributed by atoms with Crippen LogP contribution < -0.4 is 5.32 Å². The van der Waals surface area contributed by atoms with Gasteiger partial charge in [-0.1, -0.05) is 6.08 Å². The molecule has 114 valence electrons. The Balaban J connectivity index is 1.84. The van der Waals surface area contributed by atoms with Gasteiger partial charge in [-0.25, -0.2) is 0 Å². The normalized spacial score (nSPS) is 26.4. The third-order valence-corrected chi connectivity index (χ3v) is 4.93. The molecule has 4 nitrogen and oxygen atoms in total. The number of aliphatic imine (C=N–C) groups is 1. The van der Waals surface area contributed by atoms with Crippen LogP contribution in [0, 0.1) is 5.41 Å². The Morgan fingerprint density at radius 1 is 1.55 bits per heavy atom. The van der Waals surface area contributed by atoms with Gasteiger partial charge in [0.15, 0.2) is 5.96 Å². The number of nitrogens with one attached hydrogen (secondary N) is 1. The third kappa shape index (κ3) is 4.16. The minimum Gasteiger partial charge on any atom is -0.381 e. The van der Waals surface area contributed by atoms with E-state index in [1.54, 1.807) is 0 Å². The van der Waals surface area contributed by atoms with Gasteiger partial charge in [-0.05, 0) is 19.8 Å². The molecular formula is C15H27N3OS. The number of guanidine groups is 1. The quantitative estimate of drug-likeness (QED) is 0.352. The van der Waals surface area contributed by atoms with E-state index in [9.17, 15) is 0 Å². The number of hydrogen-bond donors (Lipinski definition) is 1. The molecule has 2 aliphatic rings. The van der Waals surface area contributed by atoms with Crippen molar-refractivity contribution in [3.8, 4) is 0 Å². The number of rotatable bonds is 6. The molecule has 2 saturated heterocycles. The minimum absolute atomic E-state index is 0.397. The summed E-state index contributed by atoms with van der Waals surface area (Å²) < 4.78 is 5.60. The largest absolute Gasteiger partial charge is 0.381 e. The van der Waals surface area contributed by atoms with Crippen LogP contribution in [0.25, 0.3) is 0 Å². The fourth-order valence-corrected chi connectivity index (χ4v) is 3.45. The molecule has 5 heteroatoms. The second-order valence-corrected chi connectivity index (χ2v) is 6.72. The van der Waals surface area contributed by atoms with Crippen molar-refractivity contribution in [2.75, 3.05) is 50.9 Å². The molecule has 0 aliphatic carbocycles. The molecule has 0 bridgehead atoms. The molecule has 1 atom stereocenters. The van der Waals surface area contributed by atoms with Gasteiger partial charge in [0, 0.05) is 43.2 Å². The monoisotopic (exact) mass is 297 g/mol. The fraction of sp³-hybridized carbons (Fsp3) is 0.800. The third-order valence-electron chi connectivity index (χ3n) is 3.99. The number of likely N-dealkylation sites (tertiary alicyclic amines) is 1. The molecule has 20 heavy (non-hydrogen) atoms. The molecule has 1 spiro atoms. The van der Waals surface area contributed by atoms with Gasteiger partial charge < -0.3 is 15.0 Å². The van der Waals surface area contributed by atoms with Gasteiger partial charge in [0.2, 0.25) is 0 Å². The van der Waals surface area contributed by atoms with Gasteiger partial charge >= 0.3 is 0 Å². The van der Waals surface area contributed by atoms with E-state index in [-0.39, 0.29) is 0 Å². The van der Waals surface area contributed by atoms with Crippen LogP contribution in [-0.2, 0) is 4.74 Å². The van der Waals surface area contributed by atoms with Crippen molar-refractivity contribution in [1.82, 2.24) is 10.2 Å². The lowest BCUT2D eigenvalue weighted by Gasteiger charge is -2.24. The van der Waals surface area contributed by atoms with Crippen molar-refractivity contribution in [1.29, 1.82) is 0 Å². The van der Waals surface area contributed by atoms with Crippen molar-refractivity contribution in [3.63, 3.8) is 0 Å². The maximum atomic E-state index is 5.60. The summed E-state index contributed by atoms with van der Waals surface area (Å²) in [6.07, 6.45) is 4.39. The molecular weight excluding hydrogens is 270 g/mol. The Hall–Kier alpha value is -0.680. The highest BCUT2D eigenvalue weighted by atomic mass is 32.2. The van der Waals surface area contributed by atoms with E-state index in [4.69, 9.17) is 9.73 Å². The Morgan fingerprint density at radius 2 is 2.45 bits per heavy atom. The van der Waals surface area contributed by atoms with Gasteiger partial charge in [0.05, 0.1) is 13.2 Å². The summed E-state index contributed by atoms with van der Waals surface area (Å²) in [5.74, 6) is 3.15. The topological polar surface area (TPSA) is 36.9 Å². The highest BCUT2D eigenvalue weighted by molar-refractivity contribution is 7.99. The molecule has 2 fully saturated rings. The standard InChI is InChI=1S/C15H27N3OS/c1-3-10-20-11-7-17-14(16-4-2)18-8-5-15(12-18)6-9-19-13-15/h3H,1,4-13H2,2H3,(H,16,17). The van der Waals surface area contributed by atoms with E-state index in [0.717, 1.165) is 56.9 Å². The summed E-state index contributed by atoms with van der Waals surface area (Å²) in [4.78, 5) is 7.17. The van der Waals surface area contributed by atoms with Crippen LogP contribution in [0.1, 0.15) is 19.8 Å². The zero-order valence-electron chi connectivity index (χ0n) is 12.6. The van der Waals surface area contributed by atoms with Gasteiger partial charge in [0.25, 0.3) is 0 Å². The molecule has 0 amide bonds. The Kier molecular flexibility index (Phi) is 6.23. The van der Waals surface area contributed by atoms with Gasteiger partial charge in [-0.3, -0.25) is 4.99 Å². The van der Waals surface area contributed by atoms with Crippen LogP contribution >= 0.6 is 11.8 Å². The van der Waals surface area contributed by atoms with Crippen LogP contribution in [-0.4, -0.2) is 61.8 Å². The summed E-state index contributed by atoms with van der Waals surface area (Å²) in [7, 11) is 0. The predicted octanol–water partition coefficient (Wildman–Crippen LogP) is 1.98. The van der Waals surface area contributed by atoms with E-state index in [1.807, 2.05) is 17.8 Å². The van der Waals surface area contributed by atoms with Crippen molar-refractivity contribution in [2.24, 2.45) is 10.4 Å². The zero-order chi connectivity index (χ0) is 14.3. The molecule has 0 radical (unpaired) electrons. The van der Waals surface area contributed by atoms with Crippen LogP contribution in [0.4, 0.5) is 0 Å². The molecule has 2 heterocycles. The predicted molar refractivity (Wildman–Crippen MR) is 87.6 cm³/mol. The molecule has 2 aliphatic heterocycles. The molecule has 2 rings (SSSR count). The number of ether oxygens (including phenoxy) is 1. The fourth-order valence-electron chi connectivity index (χ4n) is 2.90. The van der Waals surface area contributed by atoms with Crippen molar-refractivity contribution >= 4 is 17.7 Å².